The number of Topliss-reactive ketones (excluding diaryl/α,β-unsaturated/α-hetero) is 2. The molecule has 4 aromatic rings. The SMILES string of the molecule is Cc1ccc(S(=O)(=O)C(C)(C)C(=O)c2cccc(Sc3ccccc3)c2C(=O)C(C)(C)S(=O)(=O)c2ccc(C)cc2)cc1. The molecule has 43 heavy (non-hydrogen) atoms. The summed E-state index contributed by atoms with van der Waals surface area (Å²) in [5.41, 5.74) is 1.43. The van der Waals surface area contributed by atoms with Gasteiger partial charge in [-0.05, 0) is 84.0 Å². The van der Waals surface area contributed by atoms with Gasteiger partial charge in [0.15, 0.2) is 31.2 Å². The van der Waals surface area contributed by atoms with Gasteiger partial charge in [-0.2, -0.15) is 0 Å². The fourth-order valence-electron chi connectivity index (χ4n) is 4.55. The van der Waals surface area contributed by atoms with Crippen molar-refractivity contribution in [1.29, 1.82) is 0 Å². The molecule has 224 valence electrons. The van der Waals surface area contributed by atoms with E-state index < -0.39 is 40.7 Å². The third-order valence-electron chi connectivity index (χ3n) is 7.57. The molecular weight excluding hydrogens is 601 g/mol. The predicted molar refractivity (Wildman–Crippen MR) is 171 cm³/mol. The van der Waals surface area contributed by atoms with Crippen LogP contribution in [0.15, 0.2) is 117 Å². The van der Waals surface area contributed by atoms with E-state index in [0.29, 0.717) is 4.90 Å². The molecule has 0 N–H and O–H groups in total. The summed E-state index contributed by atoms with van der Waals surface area (Å²) in [6.07, 6.45) is 0. The second kappa shape index (κ2) is 11.9. The molecule has 6 nitrogen and oxygen atoms in total. The molecule has 0 spiro atoms. The fraction of sp³-hybridized carbons (Fsp3) is 0.235. The smallest absolute Gasteiger partial charge is 0.190 e. The molecule has 4 rings (SSSR count). The highest BCUT2D eigenvalue weighted by Crippen LogP contribution is 2.39. The summed E-state index contributed by atoms with van der Waals surface area (Å²) in [5, 5.41) is 0. The maximum Gasteiger partial charge on any atom is 0.190 e. The van der Waals surface area contributed by atoms with Crippen LogP contribution in [0.4, 0.5) is 0 Å². The zero-order valence-corrected chi connectivity index (χ0v) is 27.4. The van der Waals surface area contributed by atoms with E-state index in [-0.39, 0.29) is 20.9 Å². The molecule has 0 amide bonds. The Morgan fingerprint density at radius 2 is 1.00 bits per heavy atom. The molecule has 0 bridgehead atoms. The minimum atomic E-state index is -4.23. The third-order valence-corrected chi connectivity index (χ3v) is 13.5. The van der Waals surface area contributed by atoms with Crippen molar-refractivity contribution in [2.24, 2.45) is 0 Å². The van der Waals surface area contributed by atoms with Gasteiger partial charge in [0.05, 0.1) is 9.79 Å². The highest BCUT2D eigenvalue weighted by atomic mass is 32.2. The molecule has 0 aliphatic rings. The maximum atomic E-state index is 14.5. The summed E-state index contributed by atoms with van der Waals surface area (Å²) in [5.74, 6) is -1.62. The van der Waals surface area contributed by atoms with Gasteiger partial charge in [-0.1, -0.05) is 77.5 Å². The zero-order chi connectivity index (χ0) is 31.8. The lowest BCUT2D eigenvalue weighted by atomic mass is 9.90. The lowest BCUT2D eigenvalue weighted by Gasteiger charge is -2.28. The number of carbonyl (C=O) groups excluding carboxylic acids is 2. The van der Waals surface area contributed by atoms with Gasteiger partial charge >= 0.3 is 0 Å². The first kappa shape index (κ1) is 32.4. The van der Waals surface area contributed by atoms with Crippen molar-refractivity contribution in [2.45, 2.75) is 70.6 Å². The van der Waals surface area contributed by atoms with E-state index in [2.05, 4.69) is 0 Å². The van der Waals surface area contributed by atoms with Crippen molar-refractivity contribution in [3.8, 4) is 0 Å². The summed E-state index contributed by atoms with van der Waals surface area (Å²) in [6.45, 7) is 8.91. The normalized spacial score (nSPS) is 12.6. The molecule has 0 saturated heterocycles. The van der Waals surface area contributed by atoms with Crippen molar-refractivity contribution < 1.29 is 26.4 Å². The molecule has 0 heterocycles. The molecule has 4 aromatic carbocycles. The second-order valence-electron chi connectivity index (χ2n) is 11.4. The second-order valence-corrected chi connectivity index (χ2v) is 17.5. The lowest BCUT2D eigenvalue weighted by Crippen LogP contribution is -2.44. The topological polar surface area (TPSA) is 102 Å². The van der Waals surface area contributed by atoms with Crippen LogP contribution in [0.2, 0.25) is 0 Å². The Hall–Kier alpha value is -3.53. The maximum absolute atomic E-state index is 14.5. The first-order valence-electron chi connectivity index (χ1n) is 13.6. The average molecular weight is 635 g/mol. The third kappa shape index (κ3) is 5.98. The molecular formula is C34H34O6S3. The minimum absolute atomic E-state index is 0.0265. The van der Waals surface area contributed by atoms with E-state index in [0.717, 1.165) is 16.0 Å². The van der Waals surface area contributed by atoms with Gasteiger partial charge in [0.1, 0.15) is 9.49 Å². The molecule has 0 atom stereocenters. The van der Waals surface area contributed by atoms with Gasteiger partial charge in [0.25, 0.3) is 0 Å². The zero-order valence-electron chi connectivity index (χ0n) is 24.9. The highest BCUT2D eigenvalue weighted by Gasteiger charge is 2.48. The van der Waals surface area contributed by atoms with Crippen LogP contribution in [-0.2, 0) is 19.7 Å². The Morgan fingerprint density at radius 1 is 0.558 bits per heavy atom. The Balaban J connectivity index is 1.92. The molecule has 0 saturated carbocycles. The average Bonchev–Trinajstić information content (AvgIpc) is 2.97. The molecule has 0 aromatic heterocycles. The number of sulfone groups is 2. The number of hydrogen-bond acceptors (Lipinski definition) is 7. The number of carbonyl (C=O) groups is 2. The Morgan fingerprint density at radius 3 is 1.47 bits per heavy atom. The van der Waals surface area contributed by atoms with Crippen molar-refractivity contribution in [2.75, 3.05) is 0 Å². The summed E-state index contributed by atoms with van der Waals surface area (Å²) in [6, 6.07) is 26.2. The number of ketones is 2. The van der Waals surface area contributed by atoms with E-state index in [1.165, 1.54) is 69.8 Å². The van der Waals surface area contributed by atoms with Gasteiger partial charge in [-0.15, -0.1) is 0 Å². The molecule has 0 radical (unpaired) electrons. The van der Waals surface area contributed by atoms with Crippen molar-refractivity contribution >= 4 is 43.0 Å². The van der Waals surface area contributed by atoms with E-state index >= 15 is 0 Å². The molecule has 0 aliphatic carbocycles. The van der Waals surface area contributed by atoms with Crippen molar-refractivity contribution in [1.82, 2.24) is 0 Å². The summed E-state index contributed by atoms with van der Waals surface area (Å²) in [4.78, 5) is 29.8. The van der Waals surface area contributed by atoms with Crippen LogP contribution < -0.4 is 0 Å². The Labute approximate surface area is 258 Å². The van der Waals surface area contributed by atoms with Crippen molar-refractivity contribution in [3.05, 3.63) is 119 Å². The standard InChI is InChI=1S/C34H34O6S3/c1-23-15-19-26(20-16-23)42(37,38)33(3,4)31(35)28-13-10-14-29(41-25-11-8-7-9-12-25)30(28)32(36)34(5,6)43(39,40)27-21-17-24(2)18-22-27/h7-22H,1-6H3. The highest BCUT2D eigenvalue weighted by molar-refractivity contribution is 7.99. The lowest BCUT2D eigenvalue weighted by molar-refractivity contribution is 0.0917. The van der Waals surface area contributed by atoms with Crippen LogP contribution in [-0.4, -0.2) is 37.9 Å². The minimum Gasteiger partial charge on any atom is -0.292 e. The largest absolute Gasteiger partial charge is 0.292 e. The molecule has 0 unspecified atom stereocenters. The summed E-state index contributed by atoms with van der Waals surface area (Å²) >= 11 is 1.20. The quantitative estimate of drug-likeness (QED) is 0.168. The van der Waals surface area contributed by atoms with E-state index in [1.807, 2.05) is 44.2 Å². The van der Waals surface area contributed by atoms with Crippen molar-refractivity contribution in [3.63, 3.8) is 0 Å². The van der Waals surface area contributed by atoms with Crippen LogP contribution in [0.1, 0.15) is 59.5 Å². The fourth-order valence-corrected chi connectivity index (χ4v) is 8.41. The monoisotopic (exact) mass is 634 g/mol. The molecule has 0 fully saturated rings. The summed E-state index contributed by atoms with van der Waals surface area (Å²) in [7, 11) is -8.45. The van der Waals surface area contributed by atoms with Crippen LogP contribution >= 0.6 is 11.8 Å². The van der Waals surface area contributed by atoms with Gasteiger partial charge in [0, 0.05) is 20.9 Å². The van der Waals surface area contributed by atoms with Crippen LogP contribution in [0.25, 0.3) is 0 Å². The van der Waals surface area contributed by atoms with Gasteiger partial charge in [0.2, 0.25) is 0 Å². The van der Waals surface area contributed by atoms with Gasteiger partial charge in [-0.3, -0.25) is 9.59 Å². The van der Waals surface area contributed by atoms with E-state index in [9.17, 15) is 26.4 Å². The van der Waals surface area contributed by atoms with Crippen LogP contribution in [0, 0.1) is 13.8 Å². The number of aryl methyl sites for hydroxylation is 2. The first-order valence-corrected chi connectivity index (χ1v) is 17.4. The van der Waals surface area contributed by atoms with Gasteiger partial charge < -0.3 is 0 Å². The van der Waals surface area contributed by atoms with Gasteiger partial charge in [-0.25, -0.2) is 16.8 Å². The Kier molecular flexibility index (Phi) is 8.94. The molecule has 0 aliphatic heterocycles. The Bertz CT molecular complexity index is 1890. The number of hydrogen-bond donors (Lipinski definition) is 0. The predicted octanol–water partition coefficient (Wildman–Crippen LogP) is 7.33. The number of benzene rings is 4. The summed E-state index contributed by atoms with van der Waals surface area (Å²) < 4.78 is 51.4. The van der Waals surface area contributed by atoms with Crippen LogP contribution in [0.3, 0.4) is 0 Å². The molecule has 9 heteroatoms. The van der Waals surface area contributed by atoms with E-state index in [4.69, 9.17) is 0 Å². The van der Waals surface area contributed by atoms with E-state index in [1.54, 1.807) is 36.4 Å². The number of rotatable bonds is 10. The first-order chi connectivity index (χ1) is 20.0. The van der Waals surface area contributed by atoms with Crippen LogP contribution in [0.5, 0.6) is 0 Å².